The van der Waals surface area contributed by atoms with E-state index in [-0.39, 0.29) is 5.92 Å². The lowest BCUT2D eigenvalue weighted by atomic mass is 9.98. The summed E-state index contributed by atoms with van der Waals surface area (Å²) in [6.45, 7) is 0.767. The number of nitrogens with one attached hydrogen (secondary N) is 1. The summed E-state index contributed by atoms with van der Waals surface area (Å²) < 4.78 is 7.53. The molecule has 1 aliphatic carbocycles. The summed E-state index contributed by atoms with van der Waals surface area (Å²) in [5.41, 5.74) is 5.98. The third kappa shape index (κ3) is 3.51. The number of rotatable bonds is 5. The minimum absolute atomic E-state index is 0.0852. The Kier molecular flexibility index (Phi) is 4.79. The van der Waals surface area contributed by atoms with Crippen LogP contribution in [0.25, 0.3) is 17.2 Å². The van der Waals surface area contributed by atoms with Crippen LogP contribution in [0.5, 0.6) is 0 Å². The standard InChI is InChI=1S/C23H22N2O2/c1-25-15-7-9-17(25)8-6-14-24-23(26)27-16-22-20-12-4-2-10-18(20)19-11-3-5-13-21(19)22/h2-13,15,22H,14,16H2,1H3,(H,24,26). The van der Waals surface area contributed by atoms with Gasteiger partial charge in [-0.05, 0) is 40.5 Å². The number of alkyl carbamates (subject to hydrolysis) is 1. The Balaban J connectivity index is 1.35. The van der Waals surface area contributed by atoms with Crippen molar-refractivity contribution in [3.63, 3.8) is 0 Å². The normalized spacial score (nSPS) is 12.8. The predicted molar refractivity (Wildman–Crippen MR) is 108 cm³/mol. The molecule has 1 aliphatic rings. The van der Waals surface area contributed by atoms with Crippen molar-refractivity contribution in [3.8, 4) is 11.1 Å². The van der Waals surface area contributed by atoms with Gasteiger partial charge in [0.2, 0.25) is 0 Å². The second-order valence-corrected chi connectivity index (χ2v) is 6.65. The number of amides is 1. The Morgan fingerprint density at radius 2 is 1.70 bits per heavy atom. The first-order valence-electron chi connectivity index (χ1n) is 9.11. The number of hydrogen-bond donors (Lipinski definition) is 1. The Bertz CT molecular complexity index is 942. The van der Waals surface area contributed by atoms with E-state index in [4.69, 9.17) is 4.74 Å². The fourth-order valence-electron chi connectivity index (χ4n) is 3.62. The summed E-state index contributed by atoms with van der Waals surface area (Å²) in [5.74, 6) is 0.0852. The topological polar surface area (TPSA) is 43.3 Å². The SMILES string of the molecule is Cn1cccc1C=CCNC(=O)OCC1c2ccccc2-c2ccccc21. The first kappa shape index (κ1) is 17.2. The monoisotopic (exact) mass is 358 g/mol. The second kappa shape index (κ2) is 7.54. The number of aromatic nitrogens is 1. The van der Waals surface area contributed by atoms with E-state index >= 15 is 0 Å². The maximum Gasteiger partial charge on any atom is 0.407 e. The van der Waals surface area contributed by atoms with Gasteiger partial charge in [0.1, 0.15) is 6.61 Å². The molecule has 0 saturated carbocycles. The highest BCUT2D eigenvalue weighted by Gasteiger charge is 2.28. The largest absolute Gasteiger partial charge is 0.449 e. The maximum absolute atomic E-state index is 12.1. The van der Waals surface area contributed by atoms with E-state index in [1.165, 1.54) is 22.3 Å². The first-order valence-corrected chi connectivity index (χ1v) is 9.11. The first-order chi connectivity index (χ1) is 13.2. The van der Waals surface area contributed by atoms with E-state index in [0.717, 1.165) is 5.69 Å². The molecule has 1 heterocycles. The van der Waals surface area contributed by atoms with E-state index < -0.39 is 6.09 Å². The highest BCUT2D eigenvalue weighted by Crippen LogP contribution is 2.44. The van der Waals surface area contributed by atoms with Crippen LogP contribution in [0, 0.1) is 0 Å². The Labute approximate surface area is 159 Å². The lowest BCUT2D eigenvalue weighted by Crippen LogP contribution is -2.26. The van der Waals surface area contributed by atoms with E-state index in [1.54, 1.807) is 0 Å². The minimum atomic E-state index is -0.395. The molecule has 2 aromatic carbocycles. The van der Waals surface area contributed by atoms with Crippen molar-refractivity contribution in [3.05, 3.63) is 89.8 Å². The van der Waals surface area contributed by atoms with Crippen LogP contribution in [0.4, 0.5) is 4.79 Å². The third-order valence-electron chi connectivity index (χ3n) is 4.98. The zero-order valence-corrected chi connectivity index (χ0v) is 15.3. The van der Waals surface area contributed by atoms with Crippen molar-refractivity contribution in [1.29, 1.82) is 0 Å². The van der Waals surface area contributed by atoms with Crippen LogP contribution in [0.2, 0.25) is 0 Å². The van der Waals surface area contributed by atoms with Gasteiger partial charge in [-0.2, -0.15) is 0 Å². The zero-order valence-electron chi connectivity index (χ0n) is 15.3. The van der Waals surface area contributed by atoms with Crippen LogP contribution < -0.4 is 5.32 Å². The van der Waals surface area contributed by atoms with Crippen LogP contribution in [0.15, 0.2) is 72.9 Å². The van der Waals surface area contributed by atoms with Gasteiger partial charge in [0, 0.05) is 31.4 Å². The van der Waals surface area contributed by atoms with Gasteiger partial charge < -0.3 is 14.6 Å². The molecule has 1 N–H and O–H groups in total. The van der Waals surface area contributed by atoms with Crippen LogP contribution in [-0.4, -0.2) is 23.8 Å². The van der Waals surface area contributed by atoms with Gasteiger partial charge in [0.05, 0.1) is 0 Å². The molecule has 1 aromatic heterocycles. The van der Waals surface area contributed by atoms with Gasteiger partial charge in [-0.1, -0.05) is 54.6 Å². The highest BCUT2D eigenvalue weighted by molar-refractivity contribution is 5.79. The van der Waals surface area contributed by atoms with Gasteiger partial charge in [-0.3, -0.25) is 0 Å². The summed E-state index contributed by atoms with van der Waals surface area (Å²) >= 11 is 0. The van der Waals surface area contributed by atoms with Gasteiger partial charge in [-0.15, -0.1) is 0 Å². The molecule has 0 radical (unpaired) electrons. The molecule has 27 heavy (non-hydrogen) atoms. The van der Waals surface area contributed by atoms with Crippen molar-refractivity contribution in [2.75, 3.05) is 13.2 Å². The molecule has 0 aliphatic heterocycles. The quantitative estimate of drug-likeness (QED) is 0.726. The summed E-state index contributed by atoms with van der Waals surface area (Å²) in [5, 5.41) is 2.78. The van der Waals surface area contributed by atoms with E-state index in [9.17, 15) is 4.79 Å². The molecule has 0 saturated heterocycles. The minimum Gasteiger partial charge on any atom is -0.449 e. The fourth-order valence-corrected chi connectivity index (χ4v) is 3.62. The van der Waals surface area contributed by atoms with Gasteiger partial charge in [0.25, 0.3) is 0 Å². The van der Waals surface area contributed by atoms with Crippen LogP contribution >= 0.6 is 0 Å². The molecular weight excluding hydrogens is 336 g/mol. The van der Waals surface area contributed by atoms with Crippen molar-refractivity contribution in [2.45, 2.75) is 5.92 Å². The Morgan fingerprint density at radius 3 is 2.33 bits per heavy atom. The number of carbonyl (C=O) groups excluding carboxylic acids is 1. The Hall–Kier alpha value is -3.27. The number of ether oxygens (including phenoxy) is 1. The van der Waals surface area contributed by atoms with E-state index in [0.29, 0.717) is 13.2 Å². The zero-order chi connectivity index (χ0) is 18.6. The molecule has 0 spiro atoms. The molecular formula is C23H22N2O2. The Morgan fingerprint density at radius 1 is 1.04 bits per heavy atom. The summed E-state index contributed by atoms with van der Waals surface area (Å²) in [4.78, 5) is 12.1. The smallest absolute Gasteiger partial charge is 0.407 e. The van der Waals surface area contributed by atoms with E-state index in [1.807, 2.05) is 66.4 Å². The molecule has 0 fully saturated rings. The van der Waals surface area contributed by atoms with Crippen molar-refractivity contribution < 1.29 is 9.53 Å². The van der Waals surface area contributed by atoms with Crippen molar-refractivity contribution in [2.24, 2.45) is 7.05 Å². The number of fused-ring (bicyclic) bond motifs is 3. The molecule has 3 aromatic rings. The lowest BCUT2D eigenvalue weighted by Gasteiger charge is -2.14. The second-order valence-electron chi connectivity index (χ2n) is 6.65. The molecule has 4 heteroatoms. The van der Waals surface area contributed by atoms with Crippen molar-refractivity contribution >= 4 is 12.2 Å². The number of aryl methyl sites for hydroxylation is 1. The average molecular weight is 358 g/mol. The molecule has 4 nitrogen and oxygen atoms in total. The molecule has 0 atom stereocenters. The fraction of sp³-hybridized carbons (Fsp3) is 0.174. The molecule has 0 bridgehead atoms. The third-order valence-corrected chi connectivity index (χ3v) is 4.98. The van der Waals surface area contributed by atoms with Crippen LogP contribution in [0.1, 0.15) is 22.7 Å². The number of benzene rings is 2. The molecule has 4 rings (SSSR count). The average Bonchev–Trinajstić information content (AvgIpc) is 3.25. The molecule has 1 amide bonds. The van der Waals surface area contributed by atoms with Crippen LogP contribution in [0.3, 0.4) is 0 Å². The molecule has 0 unspecified atom stereocenters. The number of nitrogens with zero attached hydrogens (tertiary/aromatic N) is 1. The van der Waals surface area contributed by atoms with Gasteiger partial charge in [0.15, 0.2) is 0 Å². The van der Waals surface area contributed by atoms with Crippen molar-refractivity contribution in [1.82, 2.24) is 9.88 Å². The summed E-state index contributed by atoms with van der Waals surface area (Å²) in [7, 11) is 1.98. The summed E-state index contributed by atoms with van der Waals surface area (Å²) in [6.07, 6.45) is 5.48. The number of hydrogen-bond acceptors (Lipinski definition) is 2. The summed E-state index contributed by atoms with van der Waals surface area (Å²) in [6, 6.07) is 20.6. The highest BCUT2D eigenvalue weighted by atomic mass is 16.5. The number of carbonyl (C=O) groups is 1. The molecule has 136 valence electrons. The van der Waals surface area contributed by atoms with Crippen LogP contribution in [-0.2, 0) is 11.8 Å². The van der Waals surface area contributed by atoms with Gasteiger partial charge in [-0.25, -0.2) is 4.79 Å². The van der Waals surface area contributed by atoms with Gasteiger partial charge >= 0.3 is 6.09 Å². The maximum atomic E-state index is 12.1. The van der Waals surface area contributed by atoms with E-state index in [2.05, 4.69) is 29.6 Å². The predicted octanol–water partition coefficient (Wildman–Crippen LogP) is 4.58. The lowest BCUT2D eigenvalue weighted by molar-refractivity contribution is 0.144.